The number of aliphatic hydroxyl groups is 1. The number of nitrogens with zero attached hydrogens (tertiary/aromatic N) is 1. The van der Waals surface area contributed by atoms with Crippen LogP contribution in [-0.4, -0.2) is 33.7 Å². The fourth-order valence-corrected chi connectivity index (χ4v) is 3.19. The molecule has 0 aliphatic carbocycles. The monoisotopic (exact) mass is 213 g/mol. The maximum atomic E-state index is 9.90. The van der Waals surface area contributed by atoms with E-state index in [9.17, 15) is 5.11 Å². The minimum atomic E-state index is -0.132. The average molecular weight is 213 g/mol. The summed E-state index contributed by atoms with van der Waals surface area (Å²) in [4.78, 5) is 2.58. The Bertz CT molecular complexity index is 193. The van der Waals surface area contributed by atoms with Gasteiger partial charge in [0.05, 0.1) is 6.10 Å². The van der Waals surface area contributed by atoms with E-state index in [2.05, 4.69) is 39.5 Å². The predicted octanol–water partition coefficient (Wildman–Crippen LogP) is 2.80. The van der Waals surface area contributed by atoms with Gasteiger partial charge >= 0.3 is 0 Å². The first-order valence-corrected chi connectivity index (χ1v) is 6.25. The van der Waals surface area contributed by atoms with Gasteiger partial charge in [0, 0.05) is 11.1 Å². The van der Waals surface area contributed by atoms with E-state index in [1.807, 2.05) is 0 Å². The Morgan fingerprint density at radius 2 is 1.60 bits per heavy atom. The molecule has 0 atom stereocenters. The fourth-order valence-electron chi connectivity index (χ4n) is 3.19. The molecule has 0 spiro atoms. The van der Waals surface area contributed by atoms with Gasteiger partial charge in [-0.15, -0.1) is 0 Å². The molecule has 0 saturated carbocycles. The molecule has 1 heterocycles. The zero-order valence-electron chi connectivity index (χ0n) is 11.0. The lowest BCUT2D eigenvalue weighted by atomic mass is 9.78. The van der Waals surface area contributed by atoms with Gasteiger partial charge in [-0.05, 0) is 53.5 Å². The third-order valence-electron chi connectivity index (χ3n) is 3.67. The summed E-state index contributed by atoms with van der Waals surface area (Å²) in [5.41, 5.74) is 0.271. The molecule has 0 aromatic rings. The highest BCUT2D eigenvalue weighted by Crippen LogP contribution is 2.38. The van der Waals surface area contributed by atoms with Crippen LogP contribution in [0.25, 0.3) is 0 Å². The SMILES string of the molecule is CCCCN1C(C)(C)CC(O)CC1(C)C. The Labute approximate surface area is 94.7 Å². The van der Waals surface area contributed by atoms with Crippen LogP contribution in [0.2, 0.25) is 0 Å². The number of rotatable bonds is 3. The molecule has 1 aliphatic rings. The average Bonchev–Trinajstić information content (AvgIpc) is 1.98. The van der Waals surface area contributed by atoms with E-state index in [4.69, 9.17) is 0 Å². The highest BCUT2D eigenvalue weighted by Gasteiger charge is 2.44. The zero-order chi connectivity index (χ0) is 11.7. The van der Waals surface area contributed by atoms with Crippen molar-refractivity contribution < 1.29 is 5.11 Å². The second kappa shape index (κ2) is 4.42. The molecule has 15 heavy (non-hydrogen) atoms. The zero-order valence-corrected chi connectivity index (χ0v) is 11.0. The van der Waals surface area contributed by atoms with E-state index in [1.54, 1.807) is 0 Å². The summed E-state index contributed by atoms with van der Waals surface area (Å²) in [6, 6.07) is 0. The van der Waals surface area contributed by atoms with Crippen LogP contribution in [0.1, 0.15) is 60.3 Å². The van der Waals surface area contributed by atoms with Crippen LogP contribution in [0.4, 0.5) is 0 Å². The highest BCUT2D eigenvalue weighted by atomic mass is 16.3. The number of aliphatic hydroxyl groups excluding tert-OH is 1. The summed E-state index contributed by atoms with van der Waals surface area (Å²) in [5.74, 6) is 0. The van der Waals surface area contributed by atoms with E-state index in [-0.39, 0.29) is 17.2 Å². The normalized spacial score (nSPS) is 26.8. The van der Waals surface area contributed by atoms with Gasteiger partial charge in [-0.1, -0.05) is 13.3 Å². The molecule has 0 amide bonds. The van der Waals surface area contributed by atoms with Gasteiger partial charge in [0.1, 0.15) is 0 Å². The van der Waals surface area contributed by atoms with E-state index in [1.165, 1.54) is 12.8 Å². The number of unbranched alkanes of at least 4 members (excludes halogenated alkanes) is 1. The minimum Gasteiger partial charge on any atom is -0.393 e. The van der Waals surface area contributed by atoms with Gasteiger partial charge in [0.2, 0.25) is 0 Å². The lowest BCUT2D eigenvalue weighted by Crippen LogP contribution is -2.61. The van der Waals surface area contributed by atoms with E-state index < -0.39 is 0 Å². The molecule has 1 saturated heterocycles. The molecule has 0 aromatic heterocycles. The molecule has 2 nitrogen and oxygen atoms in total. The first-order chi connectivity index (χ1) is 6.79. The largest absolute Gasteiger partial charge is 0.393 e. The maximum absolute atomic E-state index is 9.90. The van der Waals surface area contributed by atoms with Crippen molar-refractivity contribution in [2.24, 2.45) is 0 Å². The maximum Gasteiger partial charge on any atom is 0.0575 e. The van der Waals surface area contributed by atoms with Crippen molar-refractivity contribution in [1.29, 1.82) is 0 Å². The second-order valence-electron chi connectivity index (χ2n) is 6.19. The van der Waals surface area contributed by atoms with Crippen molar-refractivity contribution in [2.75, 3.05) is 6.54 Å². The van der Waals surface area contributed by atoms with E-state index in [0.29, 0.717) is 0 Å². The second-order valence-corrected chi connectivity index (χ2v) is 6.19. The predicted molar refractivity (Wildman–Crippen MR) is 65.0 cm³/mol. The van der Waals surface area contributed by atoms with Crippen molar-refractivity contribution in [1.82, 2.24) is 4.90 Å². The lowest BCUT2D eigenvalue weighted by Gasteiger charge is -2.54. The number of likely N-dealkylation sites (tertiary alicyclic amines) is 1. The van der Waals surface area contributed by atoms with Crippen LogP contribution in [-0.2, 0) is 0 Å². The molecule has 0 radical (unpaired) electrons. The molecular formula is C13H27NO. The van der Waals surface area contributed by atoms with Gasteiger partial charge in [-0.25, -0.2) is 0 Å². The third kappa shape index (κ3) is 2.94. The minimum absolute atomic E-state index is 0.132. The first kappa shape index (κ1) is 13.0. The van der Waals surface area contributed by atoms with Gasteiger partial charge in [-0.2, -0.15) is 0 Å². The Balaban J connectivity index is 2.77. The van der Waals surface area contributed by atoms with Gasteiger partial charge < -0.3 is 5.11 Å². The molecule has 0 aromatic carbocycles. The van der Waals surface area contributed by atoms with Gasteiger partial charge in [-0.3, -0.25) is 4.90 Å². The van der Waals surface area contributed by atoms with Gasteiger partial charge in [0.25, 0.3) is 0 Å². The topological polar surface area (TPSA) is 23.5 Å². The van der Waals surface area contributed by atoms with E-state index in [0.717, 1.165) is 19.4 Å². The Hall–Kier alpha value is -0.0800. The van der Waals surface area contributed by atoms with Crippen molar-refractivity contribution in [3.63, 3.8) is 0 Å². The molecule has 90 valence electrons. The molecular weight excluding hydrogens is 186 g/mol. The Morgan fingerprint density at radius 3 is 2.00 bits per heavy atom. The number of piperidine rings is 1. The third-order valence-corrected chi connectivity index (χ3v) is 3.67. The highest BCUT2D eigenvalue weighted by molar-refractivity contribution is 4.99. The summed E-state index contributed by atoms with van der Waals surface area (Å²) < 4.78 is 0. The van der Waals surface area contributed by atoms with Crippen molar-refractivity contribution >= 4 is 0 Å². The van der Waals surface area contributed by atoms with Crippen LogP contribution in [0.5, 0.6) is 0 Å². The van der Waals surface area contributed by atoms with Crippen LogP contribution in [0.15, 0.2) is 0 Å². The summed E-state index contributed by atoms with van der Waals surface area (Å²) in [6.07, 6.45) is 4.17. The standard InChI is InChI=1S/C13H27NO/c1-6-7-8-14-12(2,3)9-11(15)10-13(14,4)5/h11,15H,6-10H2,1-5H3. The number of hydrogen-bond acceptors (Lipinski definition) is 2. The smallest absolute Gasteiger partial charge is 0.0575 e. The number of hydrogen-bond donors (Lipinski definition) is 1. The first-order valence-electron chi connectivity index (χ1n) is 6.25. The van der Waals surface area contributed by atoms with Crippen molar-refractivity contribution in [3.8, 4) is 0 Å². The Kier molecular flexibility index (Phi) is 3.83. The molecule has 1 fully saturated rings. The van der Waals surface area contributed by atoms with Gasteiger partial charge in [0.15, 0.2) is 0 Å². The summed E-state index contributed by atoms with van der Waals surface area (Å²) in [6.45, 7) is 12.4. The molecule has 0 bridgehead atoms. The molecule has 1 N–H and O–H groups in total. The van der Waals surface area contributed by atoms with Crippen LogP contribution in [0.3, 0.4) is 0 Å². The van der Waals surface area contributed by atoms with Crippen LogP contribution >= 0.6 is 0 Å². The van der Waals surface area contributed by atoms with Crippen molar-refractivity contribution in [3.05, 3.63) is 0 Å². The quantitative estimate of drug-likeness (QED) is 0.779. The summed E-state index contributed by atoms with van der Waals surface area (Å²) >= 11 is 0. The van der Waals surface area contributed by atoms with E-state index >= 15 is 0 Å². The van der Waals surface area contributed by atoms with Crippen molar-refractivity contribution in [2.45, 2.75) is 77.5 Å². The molecule has 1 rings (SSSR count). The molecule has 1 aliphatic heterocycles. The van der Waals surface area contributed by atoms with Crippen LogP contribution < -0.4 is 0 Å². The lowest BCUT2D eigenvalue weighted by molar-refractivity contribution is -0.0808. The van der Waals surface area contributed by atoms with Crippen LogP contribution in [0, 0.1) is 0 Å². The Morgan fingerprint density at radius 1 is 1.13 bits per heavy atom. The summed E-state index contributed by atoms with van der Waals surface area (Å²) in [5, 5.41) is 9.90. The molecule has 2 heteroatoms. The summed E-state index contributed by atoms with van der Waals surface area (Å²) in [7, 11) is 0. The molecule has 0 unspecified atom stereocenters. The fraction of sp³-hybridized carbons (Fsp3) is 1.00.